The largest absolute Gasteiger partial charge is 0.496 e. The Morgan fingerprint density at radius 2 is 2.09 bits per heavy atom. The molecule has 0 bridgehead atoms. The van der Waals surface area contributed by atoms with Crippen LogP contribution in [-0.4, -0.2) is 56.6 Å². The summed E-state index contributed by atoms with van der Waals surface area (Å²) in [4.78, 5) is 7.78. The van der Waals surface area contributed by atoms with Crippen LogP contribution in [-0.2, 0) is 4.74 Å². The van der Waals surface area contributed by atoms with E-state index in [2.05, 4.69) is 22.9 Å². The topological polar surface area (TPSA) is 60.1 Å². The summed E-state index contributed by atoms with van der Waals surface area (Å²) < 4.78 is 10.7. The van der Waals surface area contributed by atoms with Gasteiger partial charge in [0.05, 0.1) is 20.3 Å². The van der Waals surface area contributed by atoms with E-state index >= 15 is 0 Å². The Bertz CT molecular complexity index is 496. The second kappa shape index (κ2) is 11.0. The molecule has 1 aliphatic heterocycles. The van der Waals surface area contributed by atoms with Gasteiger partial charge in [0, 0.05) is 30.3 Å². The zero-order chi connectivity index (χ0) is 15.8. The van der Waals surface area contributed by atoms with E-state index in [-0.39, 0.29) is 24.0 Å². The van der Waals surface area contributed by atoms with E-state index in [0.29, 0.717) is 11.9 Å². The highest BCUT2D eigenvalue weighted by Crippen LogP contribution is 2.29. The van der Waals surface area contributed by atoms with Gasteiger partial charge in [-0.05, 0) is 18.1 Å². The molecular weight excluding hydrogens is 425 g/mol. The average Bonchev–Trinajstić information content (AvgIpc) is 2.58. The predicted octanol–water partition coefficient (Wildman–Crippen LogP) is 2.69. The Morgan fingerprint density at radius 3 is 2.78 bits per heavy atom. The molecule has 1 aliphatic rings. The number of benzene rings is 1. The highest BCUT2D eigenvalue weighted by atomic mass is 127. The van der Waals surface area contributed by atoms with Gasteiger partial charge in [-0.3, -0.25) is 4.99 Å². The van der Waals surface area contributed by atoms with Gasteiger partial charge in [-0.1, -0.05) is 19.1 Å². The van der Waals surface area contributed by atoms with Gasteiger partial charge in [0.25, 0.3) is 0 Å². The summed E-state index contributed by atoms with van der Waals surface area (Å²) in [6.07, 6.45) is 0. The van der Waals surface area contributed by atoms with Gasteiger partial charge < -0.3 is 20.1 Å². The molecule has 5 nitrogen and oxygen atoms in total. The summed E-state index contributed by atoms with van der Waals surface area (Å²) in [5, 5.41) is 0. The first kappa shape index (κ1) is 20.4. The number of morpholine rings is 1. The Balaban J connectivity index is 0.00000264. The lowest BCUT2D eigenvalue weighted by atomic mass is 10.2. The van der Waals surface area contributed by atoms with Crippen molar-refractivity contribution >= 4 is 41.7 Å². The summed E-state index contributed by atoms with van der Waals surface area (Å²) in [7, 11) is 1.70. The molecule has 0 aliphatic carbocycles. The molecule has 1 atom stereocenters. The number of halogens is 1. The molecule has 0 amide bonds. The summed E-state index contributed by atoms with van der Waals surface area (Å²) >= 11 is 1.80. The van der Waals surface area contributed by atoms with Crippen LogP contribution in [0.1, 0.15) is 6.92 Å². The van der Waals surface area contributed by atoms with Crippen molar-refractivity contribution in [1.29, 1.82) is 0 Å². The van der Waals surface area contributed by atoms with E-state index in [9.17, 15) is 0 Å². The average molecular weight is 451 g/mol. The number of para-hydroxylation sites is 1. The molecule has 1 unspecified atom stereocenters. The van der Waals surface area contributed by atoms with Gasteiger partial charge in [0.2, 0.25) is 0 Å². The molecule has 7 heteroatoms. The lowest BCUT2D eigenvalue weighted by molar-refractivity contribution is 0.0674. The maximum Gasteiger partial charge on any atom is 0.191 e. The number of nitrogens with two attached hydrogens (primary N) is 1. The van der Waals surface area contributed by atoms with Gasteiger partial charge in [-0.2, -0.15) is 0 Å². The number of thioether (sulfide) groups is 1. The maximum absolute atomic E-state index is 6.04. The Labute approximate surface area is 160 Å². The van der Waals surface area contributed by atoms with Crippen LogP contribution in [0.5, 0.6) is 5.75 Å². The Morgan fingerprint density at radius 1 is 1.39 bits per heavy atom. The van der Waals surface area contributed by atoms with Crippen LogP contribution in [0.3, 0.4) is 0 Å². The third kappa shape index (κ3) is 6.76. The van der Waals surface area contributed by atoms with E-state index in [4.69, 9.17) is 15.2 Å². The minimum atomic E-state index is 0. The standard InChI is InChI=1S/C16H25N3O2S.HI/c1-13(11-18-16(17)19-7-9-21-10-8-19)12-22-15-6-4-3-5-14(15)20-2;/h3-6,13H,7-12H2,1-2H3,(H2,17,18);1H. The SMILES string of the molecule is COc1ccccc1SCC(C)CN=C(N)N1CCOCC1.I. The highest BCUT2D eigenvalue weighted by Gasteiger charge is 2.13. The first-order chi connectivity index (χ1) is 10.7. The number of hydrogen-bond acceptors (Lipinski definition) is 4. The lowest BCUT2D eigenvalue weighted by Crippen LogP contribution is -2.45. The molecule has 1 saturated heterocycles. The van der Waals surface area contributed by atoms with Crippen molar-refractivity contribution in [2.24, 2.45) is 16.6 Å². The molecule has 1 aromatic carbocycles. The van der Waals surface area contributed by atoms with Crippen LogP contribution >= 0.6 is 35.7 Å². The number of guanidine groups is 1. The van der Waals surface area contributed by atoms with Crippen LogP contribution in [0.15, 0.2) is 34.2 Å². The number of hydrogen-bond donors (Lipinski definition) is 1. The molecule has 2 N–H and O–H groups in total. The molecular formula is C16H26IN3O2S. The van der Waals surface area contributed by atoms with E-state index in [1.807, 2.05) is 18.2 Å². The van der Waals surface area contributed by atoms with Gasteiger partial charge in [0.15, 0.2) is 5.96 Å². The minimum Gasteiger partial charge on any atom is -0.496 e. The molecule has 0 saturated carbocycles. The van der Waals surface area contributed by atoms with Crippen LogP contribution in [0.25, 0.3) is 0 Å². The van der Waals surface area contributed by atoms with Crippen LogP contribution in [0.2, 0.25) is 0 Å². The summed E-state index contributed by atoms with van der Waals surface area (Å²) in [6.45, 7) is 6.06. The van der Waals surface area contributed by atoms with E-state index in [1.165, 1.54) is 4.90 Å². The molecule has 0 aromatic heterocycles. The van der Waals surface area contributed by atoms with Crippen LogP contribution in [0, 0.1) is 5.92 Å². The van der Waals surface area contributed by atoms with Gasteiger partial charge in [-0.25, -0.2) is 0 Å². The van der Waals surface area contributed by atoms with Crippen LogP contribution in [0.4, 0.5) is 0 Å². The van der Waals surface area contributed by atoms with E-state index in [1.54, 1.807) is 18.9 Å². The van der Waals surface area contributed by atoms with Crippen molar-refractivity contribution in [2.45, 2.75) is 11.8 Å². The highest BCUT2D eigenvalue weighted by molar-refractivity contribution is 14.0. The number of aliphatic imine (C=N–C) groups is 1. The zero-order valence-corrected chi connectivity index (χ0v) is 16.9. The van der Waals surface area contributed by atoms with Crippen molar-refractivity contribution in [3.8, 4) is 5.75 Å². The van der Waals surface area contributed by atoms with Crippen molar-refractivity contribution in [2.75, 3.05) is 45.7 Å². The molecule has 1 fully saturated rings. The fourth-order valence-electron chi connectivity index (χ4n) is 2.16. The first-order valence-electron chi connectivity index (χ1n) is 7.59. The van der Waals surface area contributed by atoms with Crippen molar-refractivity contribution < 1.29 is 9.47 Å². The van der Waals surface area contributed by atoms with Gasteiger partial charge in [-0.15, -0.1) is 35.7 Å². The number of ether oxygens (including phenoxy) is 2. The fourth-order valence-corrected chi connectivity index (χ4v) is 3.20. The lowest BCUT2D eigenvalue weighted by Gasteiger charge is -2.27. The number of nitrogens with zero attached hydrogens (tertiary/aromatic N) is 2. The number of methoxy groups -OCH3 is 1. The molecule has 2 rings (SSSR count). The Kier molecular flexibility index (Phi) is 9.73. The third-order valence-electron chi connectivity index (χ3n) is 3.49. The normalized spacial score (nSPS) is 16.6. The predicted molar refractivity (Wildman–Crippen MR) is 107 cm³/mol. The molecule has 0 radical (unpaired) electrons. The summed E-state index contributed by atoms with van der Waals surface area (Å²) in [6, 6.07) is 8.09. The quantitative estimate of drug-likeness (QED) is 0.312. The molecule has 23 heavy (non-hydrogen) atoms. The first-order valence-corrected chi connectivity index (χ1v) is 8.57. The van der Waals surface area contributed by atoms with Crippen LogP contribution < -0.4 is 10.5 Å². The van der Waals surface area contributed by atoms with E-state index in [0.717, 1.165) is 44.4 Å². The van der Waals surface area contributed by atoms with Gasteiger partial charge in [0.1, 0.15) is 5.75 Å². The fraction of sp³-hybridized carbons (Fsp3) is 0.562. The monoisotopic (exact) mass is 451 g/mol. The van der Waals surface area contributed by atoms with Crippen molar-refractivity contribution in [3.05, 3.63) is 24.3 Å². The number of rotatable bonds is 6. The second-order valence-electron chi connectivity index (χ2n) is 5.37. The van der Waals surface area contributed by atoms with E-state index < -0.39 is 0 Å². The second-order valence-corrected chi connectivity index (χ2v) is 6.43. The molecule has 130 valence electrons. The summed E-state index contributed by atoms with van der Waals surface area (Å²) in [5.41, 5.74) is 6.04. The molecule has 0 spiro atoms. The van der Waals surface area contributed by atoms with Crippen molar-refractivity contribution in [3.63, 3.8) is 0 Å². The van der Waals surface area contributed by atoms with Gasteiger partial charge >= 0.3 is 0 Å². The Hall–Kier alpha value is -0.670. The van der Waals surface area contributed by atoms with Crippen molar-refractivity contribution in [1.82, 2.24) is 4.90 Å². The molecule has 1 heterocycles. The minimum absolute atomic E-state index is 0. The third-order valence-corrected chi connectivity index (χ3v) is 4.88. The smallest absolute Gasteiger partial charge is 0.191 e. The molecule has 1 aromatic rings. The zero-order valence-electron chi connectivity index (χ0n) is 13.7. The maximum atomic E-state index is 6.04. The summed E-state index contributed by atoms with van der Waals surface area (Å²) in [5.74, 6) is 3.00.